The minimum Gasteiger partial charge on any atom is -0.480 e. The molecule has 0 aromatic carbocycles. The lowest BCUT2D eigenvalue weighted by molar-refractivity contribution is -0.140. The lowest BCUT2D eigenvalue weighted by Gasteiger charge is -2.12. The highest BCUT2D eigenvalue weighted by Gasteiger charge is 2.49. The van der Waals surface area contributed by atoms with E-state index in [4.69, 9.17) is 5.11 Å². The highest BCUT2D eigenvalue weighted by atomic mass is 16.4. The van der Waals surface area contributed by atoms with Crippen molar-refractivity contribution < 1.29 is 9.90 Å². The zero-order valence-corrected chi connectivity index (χ0v) is 8.66. The van der Waals surface area contributed by atoms with E-state index >= 15 is 0 Å². The van der Waals surface area contributed by atoms with E-state index in [1.54, 1.807) is 12.4 Å². The maximum absolute atomic E-state index is 10.9. The number of pyridine rings is 1. The zero-order valence-electron chi connectivity index (χ0n) is 8.66. The highest BCUT2D eigenvalue weighted by molar-refractivity contribution is 5.82. The molecule has 0 unspecified atom stereocenters. The van der Waals surface area contributed by atoms with Crippen molar-refractivity contribution in [1.82, 2.24) is 10.3 Å². The van der Waals surface area contributed by atoms with Crippen molar-refractivity contribution in [1.29, 1.82) is 0 Å². The molecule has 15 heavy (non-hydrogen) atoms. The third-order valence-electron chi connectivity index (χ3n) is 2.72. The van der Waals surface area contributed by atoms with Gasteiger partial charge in [0.2, 0.25) is 0 Å². The molecule has 1 aliphatic rings. The number of aryl methyl sites for hydroxylation is 1. The third-order valence-corrected chi connectivity index (χ3v) is 2.72. The van der Waals surface area contributed by atoms with E-state index in [2.05, 4.69) is 10.3 Å². The molecular formula is C11H14N2O2. The lowest BCUT2D eigenvalue weighted by Crippen LogP contribution is -2.38. The van der Waals surface area contributed by atoms with E-state index in [1.165, 1.54) is 0 Å². The monoisotopic (exact) mass is 206 g/mol. The van der Waals surface area contributed by atoms with Crippen LogP contribution >= 0.6 is 0 Å². The molecular weight excluding hydrogens is 192 g/mol. The predicted octanol–water partition coefficient (Wildman–Crippen LogP) is 1.10. The summed E-state index contributed by atoms with van der Waals surface area (Å²) >= 11 is 0. The van der Waals surface area contributed by atoms with Crippen LogP contribution in [0.1, 0.15) is 24.0 Å². The number of carbonyl (C=O) groups is 1. The van der Waals surface area contributed by atoms with Crippen molar-refractivity contribution in [3.8, 4) is 0 Å². The van der Waals surface area contributed by atoms with Crippen molar-refractivity contribution in [2.24, 2.45) is 0 Å². The van der Waals surface area contributed by atoms with Crippen molar-refractivity contribution >= 4 is 5.97 Å². The molecule has 1 aromatic rings. The van der Waals surface area contributed by atoms with Gasteiger partial charge in [0.05, 0.1) is 0 Å². The number of hydrogen-bond donors (Lipinski definition) is 2. The Morgan fingerprint density at radius 1 is 1.60 bits per heavy atom. The van der Waals surface area contributed by atoms with E-state index in [0.717, 1.165) is 24.0 Å². The second-order valence-electron chi connectivity index (χ2n) is 4.11. The van der Waals surface area contributed by atoms with E-state index in [1.807, 2.05) is 13.0 Å². The Morgan fingerprint density at radius 3 is 2.87 bits per heavy atom. The van der Waals surface area contributed by atoms with Gasteiger partial charge in [-0.2, -0.15) is 0 Å². The van der Waals surface area contributed by atoms with E-state index in [9.17, 15) is 4.79 Å². The van der Waals surface area contributed by atoms with E-state index in [-0.39, 0.29) is 0 Å². The van der Waals surface area contributed by atoms with Gasteiger partial charge in [0.25, 0.3) is 0 Å². The standard InChI is InChI=1S/C11H14N2O2/c1-8-4-9(6-12-5-8)7-13-11(2-3-11)10(14)15/h4-6,13H,2-3,7H2,1H3,(H,14,15). The quantitative estimate of drug-likeness (QED) is 0.774. The van der Waals surface area contributed by atoms with Gasteiger partial charge in [-0.1, -0.05) is 6.07 Å². The molecule has 1 saturated carbocycles. The average molecular weight is 206 g/mol. The summed E-state index contributed by atoms with van der Waals surface area (Å²) in [6.45, 7) is 2.54. The summed E-state index contributed by atoms with van der Waals surface area (Å²) in [6, 6.07) is 2.01. The van der Waals surface area contributed by atoms with Crippen LogP contribution in [-0.2, 0) is 11.3 Å². The molecule has 1 fully saturated rings. The van der Waals surface area contributed by atoms with Crippen LogP contribution in [0.2, 0.25) is 0 Å². The molecule has 0 atom stereocenters. The Labute approximate surface area is 88.3 Å². The SMILES string of the molecule is Cc1cncc(CNC2(C(=O)O)CC2)c1. The molecule has 0 spiro atoms. The Bertz CT molecular complexity index is 386. The molecule has 1 aromatic heterocycles. The first kappa shape index (κ1) is 10.1. The van der Waals surface area contributed by atoms with Crippen LogP contribution in [0.5, 0.6) is 0 Å². The van der Waals surface area contributed by atoms with Gasteiger partial charge in [-0.3, -0.25) is 15.1 Å². The summed E-state index contributed by atoms with van der Waals surface area (Å²) in [5, 5.41) is 12.0. The normalized spacial score (nSPS) is 17.4. The topological polar surface area (TPSA) is 62.2 Å². The van der Waals surface area contributed by atoms with Crippen molar-refractivity contribution in [3.05, 3.63) is 29.6 Å². The van der Waals surface area contributed by atoms with Crippen molar-refractivity contribution in [2.45, 2.75) is 31.8 Å². The number of hydrogen-bond acceptors (Lipinski definition) is 3. The zero-order chi connectivity index (χ0) is 10.9. The first-order chi connectivity index (χ1) is 7.12. The Balaban J connectivity index is 1.96. The number of carboxylic acid groups (broad SMARTS) is 1. The van der Waals surface area contributed by atoms with E-state index in [0.29, 0.717) is 6.54 Å². The molecule has 0 saturated heterocycles. The summed E-state index contributed by atoms with van der Waals surface area (Å²) in [4.78, 5) is 15.0. The number of aliphatic carboxylic acids is 1. The minimum atomic E-state index is -0.747. The average Bonchev–Trinajstić information content (AvgIpc) is 2.96. The molecule has 1 heterocycles. The van der Waals surface area contributed by atoms with Gasteiger partial charge < -0.3 is 5.11 Å². The molecule has 0 amide bonds. The van der Waals surface area contributed by atoms with Crippen molar-refractivity contribution in [2.75, 3.05) is 0 Å². The van der Waals surface area contributed by atoms with Gasteiger partial charge >= 0.3 is 5.97 Å². The van der Waals surface area contributed by atoms with Crippen LogP contribution in [0.15, 0.2) is 18.5 Å². The number of nitrogens with zero attached hydrogens (tertiary/aromatic N) is 1. The maximum atomic E-state index is 10.9. The first-order valence-corrected chi connectivity index (χ1v) is 5.01. The van der Waals surface area contributed by atoms with Crippen molar-refractivity contribution in [3.63, 3.8) is 0 Å². The van der Waals surface area contributed by atoms with Crippen LogP contribution in [0.25, 0.3) is 0 Å². The first-order valence-electron chi connectivity index (χ1n) is 5.01. The molecule has 0 radical (unpaired) electrons. The summed E-state index contributed by atoms with van der Waals surface area (Å²) in [5.41, 5.74) is 1.46. The van der Waals surface area contributed by atoms with Crippen LogP contribution < -0.4 is 5.32 Å². The fourth-order valence-electron chi connectivity index (χ4n) is 1.58. The van der Waals surface area contributed by atoms with Gasteiger partial charge in [-0.05, 0) is 30.9 Å². The van der Waals surface area contributed by atoms with Crippen LogP contribution in [0, 0.1) is 6.92 Å². The number of aromatic nitrogens is 1. The van der Waals surface area contributed by atoms with Crippen LogP contribution in [-0.4, -0.2) is 21.6 Å². The molecule has 0 aliphatic heterocycles. The lowest BCUT2D eigenvalue weighted by atomic mass is 10.2. The molecule has 4 heteroatoms. The highest BCUT2D eigenvalue weighted by Crippen LogP contribution is 2.35. The summed E-state index contributed by atoms with van der Waals surface area (Å²) in [6.07, 6.45) is 4.99. The number of nitrogens with one attached hydrogen (secondary N) is 1. The Kier molecular flexibility index (Phi) is 2.44. The molecule has 1 aliphatic carbocycles. The maximum Gasteiger partial charge on any atom is 0.323 e. The minimum absolute atomic E-state index is 0.570. The number of carboxylic acids is 1. The van der Waals surface area contributed by atoms with E-state index < -0.39 is 11.5 Å². The van der Waals surface area contributed by atoms with Gasteiger partial charge in [0.15, 0.2) is 0 Å². The largest absolute Gasteiger partial charge is 0.480 e. The fourth-order valence-corrected chi connectivity index (χ4v) is 1.58. The van der Waals surface area contributed by atoms with Crippen LogP contribution in [0.3, 0.4) is 0 Å². The smallest absolute Gasteiger partial charge is 0.323 e. The van der Waals surface area contributed by atoms with Gasteiger partial charge in [0.1, 0.15) is 5.54 Å². The molecule has 0 bridgehead atoms. The molecule has 2 rings (SSSR count). The Hall–Kier alpha value is -1.42. The molecule has 2 N–H and O–H groups in total. The molecule has 4 nitrogen and oxygen atoms in total. The van der Waals surface area contributed by atoms with Gasteiger partial charge in [0, 0.05) is 18.9 Å². The third kappa shape index (κ3) is 2.15. The number of rotatable bonds is 4. The second kappa shape index (κ2) is 3.62. The fraction of sp³-hybridized carbons (Fsp3) is 0.455. The summed E-state index contributed by atoms with van der Waals surface area (Å²) in [5.74, 6) is -0.747. The van der Waals surface area contributed by atoms with Gasteiger partial charge in [-0.25, -0.2) is 0 Å². The second-order valence-corrected chi connectivity index (χ2v) is 4.11. The summed E-state index contributed by atoms with van der Waals surface area (Å²) in [7, 11) is 0. The van der Waals surface area contributed by atoms with Gasteiger partial charge in [-0.15, -0.1) is 0 Å². The Morgan fingerprint density at radius 2 is 2.33 bits per heavy atom. The predicted molar refractivity (Wildman–Crippen MR) is 55.4 cm³/mol. The molecule has 80 valence electrons. The summed E-state index contributed by atoms with van der Waals surface area (Å²) < 4.78 is 0. The van der Waals surface area contributed by atoms with Crippen LogP contribution in [0.4, 0.5) is 0 Å².